The molecule has 1 aliphatic heterocycles. The van der Waals surface area contributed by atoms with E-state index in [-0.39, 0.29) is 6.04 Å². The Morgan fingerprint density at radius 3 is 2.85 bits per heavy atom. The van der Waals surface area contributed by atoms with Gasteiger partial charge in [0.05, 0.1) is 46.9 Å². The molecule has 9 heteroatoms. The molecule has 1 aliphatic rings. The molecule has 0 aromatic carbocycles. The summed E-state index contributed by atoms with van der Waals surface area (Å²) in [6.45, 7) is 8.54. The molecule has 168 valence electrons. The first-order valence-electron chi connectivity index (χ1n) is 11.1. The molecule has 6 rings (SSSR count). The summed E-state index contributed by atoms with van der Waals surface area (Å²) in [4.78, 5) is 20.3. The molecule has 5 aromatic rings. The van der Waals surface area contributed by atoms with Crippen molar-refractivity contribution in [2.45, 2.75) is 26.8 Å². The highest BCUT2D eigenvalue weighted by Crippen LogP contribution is 2.41. The van der Waals surface area contributed by atoms with Gasteiger partial charge in [0.15, 0.2) is 11.6 Å². The number of H-pyrrole nitrogens is 1. The third-order valence-electron chi connectivity index (χ3n) is 6.53. The summed E-state index contributed by atoms with van der Waals surface area (Å²) in [5.74, 6) is 1.65. The average Bonchev–Trinajstić information content (AvgIpc) is 3.51. The number of morpholine rings is 1. The SMILES string of the molecule is Cc1nn(C)c(C)c1-c1csc2c(N3CCOC[C@H]3C)nc(-c3cncc4[nH]ccc34)nc12. The van der Waals surface area contributed by atoms with Crippen LogP contribution in [-0.2, 0) is 11.8 Å². The molecular weight excluding hydrogens is 434 g/mol. The number of nitrogens with zero attached hydrogens (tertiary/aromatic N) is 6. The van der Waals surface area contributed by atoms with Crippen molar-refractivity contribution in [1.29, 1.82) is 0 Å². The Bertz CT molecular complexity index is 1500. The van der Waals surface area contributed by atoms with Gasteiger partial charge in [-0.15, -0.1) is 11.3 Å². The predicted octanol–water partition coefficient (Wildman–Crippen LogP) is 4.48. The number of anilines is 1. The van der Waals surface area contributed by atoms with Crippen LogP contribution in [0.25, 0.3) is 43.6 Å². The molecule has 0 radical (unpaired) electrons. The highest BCUT2D eigenvalue weighted by molar-refractivity contribution is 7.18. The number of pyridine rings is 1. The minimum atomic E-state index is 0.235. The summed E-state index contributed by atoms with van der Waals surface area (Å²) < 4.78 is 8.74. The standard InChI is InChI=1S/C24H25N7OS/c1-13-11-32-8-7-31(13)24-22-21(18(12-33-22)20-14(2)29-30(4)15(20)3)27-23(28-24)17-9-25-10-19-16(17)5-6-26-19/h5-6,9-10,12-13,26H,7-8,11H2,1-4H3/t13-/m1/s1. The molecule has 0 amide bonds. The van der Waals surface area contributed by atoms with Crippen molar-refractivity contribution < 1.29 is 4.74 Å². The molecule has 1 atom stereocenters. The lowest BCUT2D eigenvalue weighted by Crippen LogP contribution is -2.44. The van der Waals surface area contributed by atoms with Crippen LogP contribution in [-0.4, -0.2) is 55.5 Å². The average molecular weight is 460 g/mol. The Morgan fingerprint density at radius 1 is 1.18 bits per heavy atom. The van der Waals surface area contributed by atoms with Crippen molar-refractivity contribution in [3.8, 4) is 22.5 Å². The molecule has 8 nitrogen and oxygen atoms in total. The van der Waals surface area contributed by atoms with Crippen molar-refractivity contribution in [2.75, 3.05) is 24.7 Å². The van der Waals surface area contributed by atoms with Gasteiger partial charge in [-0.05, 0) is 26.8 Å². The molecule has 0 unspecified atom stereocenters. The Balaban J connectivity index is 1.65. The predicted molar refractivity (Wildman–Crippen MR) is 132 cm³/mol. The number of aromatic amines is 1. The number of aromatic nitrogens is 6. The Morgan fingerprint density at radius 2 is 2.06 bits per heavy atom. The third kappa shape index (κ3) is 3.14. The smallest absolute Gasteiger partial charge is 0.164 e. The topological polar surface area (TPSA) is 84.8 Å². The maximum atomic E-state index is 5.71. The molecule has 0 aliphatic carbocycles. The molecule has 0 spiro atoms. The lowest BCUT2D eigenvalue weighted by molar-refractivity contribution is 0.0987. The highest BCUT2D eigenvalue weighted by atomic mass is 32.1. The monoisotopic (exact) mass is 459 g/mol. The van der Waals surface area contributed by atoms with E-state index in [1.54, 1.807) is 11.3 Å². The number of nitrogens with one attached hydrogen (secondary N) is 1. The molecule has 1 saturated heterocycles. The van der Waals surface area contributed by atoms with Crippen molar-refractivity contribution in [1.82, 2.24) is 29.7 Å². The first-order chi connectivity index (χ1) is 16.0. The van der Waals surface area contributed by atoms with Crippen LogP contribution in [0.4, 0.5) is 5.82 Å². The summed E-state index contributed by atoms with van der Waals surface area (Å²) in [6.07, 6.45) is 5.62. The van der Waals surface area contributed by atoms with Crippen LogP contribution in [0.15, 0.2) is 30.0 Å². The number of hydrogen-bond donors (Lipinski definition) is 1. The van der Waals surface area contributed by atoms with Gasteiger partial charge in [-0.25, -0.2) is 9.97 Å². The van der Waals surface area contributed by atoms with Gasteiger partial charge in [0, 0.05) is 59.1 Å². The normalized spacial score (nSPS) is 16.8. The second-order valence-corrected chi connectivity index (χ2v) is 9.49. The first kappa shape index (κ1) is 20.3. The molecular formula is C24H25N7OS. The van der Waals surface area contributed by atoms with Crippen molar-refractivity contribution in [3.63, 3.8) is 0 Å². The minimum absolute atomic E-state index is 0.235. The minimum Gasteiger partial charge on any atom is -0.377 e. The van der Waals surface area contributed by atoms with Crippen LogP contribution < -0.4 is 4.90 Å². The summed E-state index contributed by atoms with van der Waals surface area (Å²) in [5, 5.41) is 7.91. The van der Waals surface area contributed by atoms with Crippen LogP contribution in [0.1, 0.15) is 18.3 Å². The highest BCUT2D eigenvalue weighted by Gasteiger charge is 2.27. The fraction of sp³-hybridized carbons (Fsp3) is 0.333. The first-order valence-corrected chi connectivity index (χ1v) is 12.0. The quantitative estimate of drug-likeness (QED) is 0.428. The van der Waals surface area contributed by atoms with E-state index in [9.17, 15) is 0 Å². The van der Waals surface area contributed by atoms with E-state index < -0.39 is 0 Å². The molecule has 1 N–H and O–H groups in total. The Labute approximate surface area is 195 Å². The third-order valence-corrected chi connectivity index (χ3v) is 7.50. The number of ether oxygens (including phenoxy) is 1. The van der Waals surface area contributed by atoms with Gasteiger partial charge in [0.1, 0.15) is 0 Å². The molecule has 33 heavy (non-hydrogen) atoms. The molecule has 0 saturated carbocycles. The van der Waals surface area contributed by atoms with Crippen molar-refractivity contribution >= 4 is 38.3 Å². The zero-order chi connectivity index (χ0) is 22.7. The molecule has 1 fully saturated rings. The molecule has 5 aromatic heterocycles. The van der Waals surface area contributed by atoms with E-state index in [1.165, 1.54) is 0 Å². The molecule has 6 heterocycles. The largest absolute Gasteiger partial charge is 0.377 e. The van der Waals surface area contributed by atoms with Gasteiger partial charge in [-0.3, -0.25) is 9.67 Å². The van der Waals surface area contributed by atoms with Crippen molar-refractivity contribution in [2.24, 2.45) is 7.05 Å². The van der Waals surface area contributed by atoms with Gasteiger partial charge in [0.2, 0.25) is 0 Å². The van der Waals surface area contributed by atoms with Crippen LogP contribution >= 0.6 is 11.3 Å². The van der Waals surface area contributed by atoms with Gasteiger partial charge >= 0.3 is 0 Å². The Kier molecular flexibility index (Phi) is 4.70. The van der Waals surface area contributed by atoms with Gasteiger partial charge in [-0.1, -0.05) is 0 Å². The van der Waals surface area contributed by atoms with Crippen LogP contribution in [0, 0.1) is 13.8 Å². The number of rotatable bonds is 3. The van der Waals surface area contributed by atoms with E-state index in [1.807, 2.05) is 30.3 Å². The van der Waals surface area contributed by atoms with Gasteiger partial charge in [0.25, 0.3) is 0 Å². The van der Waals surface area contributed by atoms with E-state index in [0.717, 1.165) is 61.6 Å². The summed E-state index contributed by atoms with van der Waals surface area (Å²) >= 11 is 1.70. The second kappa shape index (κ2) is 7.64. The summed E-state index contributed by atoms with van der Waals surface area (Å²) in [5.41, 5.74) is 7.25. The number of hydrogen-bond acceptors (Lipinski definition) is 7. The number of aryl methyl sites for hydroxylation is 2. The number of thiophene rings is 1. The lowest BCUT2D eigenvalue weighted by atomic mass is 10.1. The fourth-order valence-corrected chi connectivity index (χ4v) is 5.76. The van der Waals surface area contributed by atoms with Gasteiger partial charge in [-0.2, -0.15) is 5.10 Å². The van der Waals surface area contributed by atoms with Gasteiger partial charge < -0.3 is 14.6 Å². The van der Waals surface area contributed by atoms with E-state index in [4.69, 9.17) is 14.7 Å². The maximum absolute atomic E-state index is 5.71. The van der Waals surface area contributed by atoms with Crippen molar-refractivity contribution in [3.05, 3.63) is 41.4 Å². The summed E-state index contributed by atoms with van der Waals surface area (Å²) in [6, 6.07) is 2.29. The molecule has 0 bridgehead atoms. The Hall–Kier alpha value is -3.30. The van der Waals surface area contributed by atoms with E-state index in [0.29, 0.717) is 19.0 Å². The van der Waals surface area contributed by atoms with Crippen LogP contribution in [0.5, 0.6) is 0 Å². The number of fused-ring (bicyclic) bond motifs is 2. The van der Waals surface area contributed by atoms with E-state index >= 15 is 0 Å². The van der Waals surface area contributed by atoms with Crippen LogP contribution in [0.3, 0.4) is 0 Å². The fourth-order valence-electron chi connectivity index (χ4n) is 4.76. The zero-order valence-electron chi connectivity index (χ0n) is 19.1. The van der Waals surface area contributed by atoms with E-state index in [2.05, 4.69) is 52.2 Å². The second-order valence-electron chi connectivity index (χ2n) is 8.61. The van der Waals surface area contributed by atoms with Crippen LogP contribution in [0.2, 0.25) is 0 Å². The zero-order valence-corrected chi connectivity index (χ0v) is 19.9. The lowest BCUT2D eigenvalue weighted by Gasteiger charge is -2.34. The maximum Gasteiger partial charge on any atom is 0.164 e. The summed E-state index contributed by atoms with van der Waals surface area (Å²) in [7, 11) is 1.99.